The number of nitrogens with zero attached hydrogens (tertiary/aromatic N) is 1. The van der Waals surface area contributed by atoms with Gasteiger partial charge in [-0.2, -0.15) is 0 Å². The molecule has 0 radical (unpaired) electrons. The Bertz CT molecular complexity index is 221. The molecule has 0 aliphatic heterocycles. The Kier molecular flexibility index (Phi) is 5.80. The van der Waals surface area contributed by atoms with Crippen LogP contribution in [0, 0.1) is 5.92 Å². The molecule has 0 bridgehead atoms. The minimum absolute atomic E-state index is 0.764. The predicted molar refractivity (Wildman–Crippen MR) is 62.8 cm³/mol. The van der Waals surface area contributed by atoms with E-state index in [1.54, 1.807) is 11.3 Å². The number of hydrogen-bond acceptors (Lipinski definition) is 3. The van der Waals surface area contributed by atoms with Crippen molar-refractivity contribution in [2.24, 2.45) is 5.92 Å². The third kappa shape index (κ3) is 4.72. The first-order chi connectivity index (χ1) is 6.83. The molecule has 3 heteroatoms. The van der Waals surface area contributed by atoms with E-state index >= 15 is 0 Å². The Labute approximate surface area is 90.8 Å². The van der Waals surface area contributed by atoms with Gasteiger partial charge in [0.15, 0.2) is 0 Å². The Morgan fingerprint density at radius 2 is 2.36 bits per heavy atom. The fourth-order valence-electron chi connectivity index (χ4n) is 1.44. The monoisotopic (exact) mass is 212 g/mol. The molecule has 0 aliphatic rings. The van der Waals surface area contributed by atoms with Crippen molar-refractivity contribution in [3.8, 4) is 0 Å². The third-order valence-corrected chi connectivity index (χ3v) is 3.08. The molecule has 2 nitrogen and oxygen atoms in total. The molecule has 1 heterocycles. The average molecular weight is 212 g/mol. The minimum atomic E-state index is 0.764. The van der Waals surface area contributed by atoms with Crippen molar-refractivity contribution in [3.05, 3.63) is 16.6 Å². The summed E-state index contributed by atoms with van der Waals surface area (Å²) in [6.07, 6.45) is 5.65. The average Bonchev–Trinajstić information content (AvgIpc) is 2.65. The molecule has 1 rings (SSSR count). The first kappa shape index (κ1) is 11.7. The van der Waals surface area contributed by atoms with Crippen molar-refractivity contribution >= 4 is 11.3 Å². The standard InChI is InChI=1S/C11H20N2S/c1-3-5-12-6-4-10(2)7-11-8-13-9-14-11/h8-10,12H,3-7H2,1-2H3. The molecular formula is C11H20N2S. The van der Waals surface area contributed by atoms with Crippen LogP contribution in [0.15, 0.2) is 11.7 Å². The first-order valence-electron chi connectivity index (χ1n) is 5.41. The van der Waals surface area contributed by atoms with Gasteiger partial charge in [-0.1, -0.05) is 13.8 Å². The second-order valence-corrected chi connectivity index (χ2v) is 4.79. The largest absolute Gasteiger partial charge is 0.317 e. The van der Waals surface area contributed by atoms with E-state index in [2.05, 4.69) is 24.1 Å². The van der Waals surface area contributed by atoms with E-state index in [4.69, 9.17) is 0 Å². The molecule has 0 aliphatic carbocycles. The molecule has 0 fully saturated rings. The quantitative estimate of drug-likeness (QED) is 0.703. The van der Waals surface area contributed by atoms with Gasteiger partial charge in [-0.25, -0.2) is 0 Å². The molecule has 1 N–H and O–H groups in total. The number of hydrogen-bond donors (Lipinski definition) is 1. The summed E-state index contributed by atoms with van der Waals surface area (Å²) in [5.74, 6) is 0.764. The lowest BCUT2D eigenvalue weighted by molar-refractivity contribution is 0.501. The van der Waals surface area contributed by atoms with Crippen molar-refractivity contribution < 1.29 is 0 Å². The van der Waals surface area contributed by atoms with Crippen LogP contribution in [0.25, 0.3) is 0 Å². The molecular weight excluding hydrogens is 192 g/mol. The molecule has 1 unspecified atom stereocenters. The summed E-state index contributed by atoms with van der Waals surface area (Å²) >= 11 is 1.76. The van der Waals surface area contributed by atoms with Gasteiger partial charge in [-0.3, -0.25) is 4.98 Å². The fraction of sp³-hybridized carbons (Fsp3) is 0.727. The molecule has 0 saturated heterocycles. The van der Waals surface area contributed by atoms with E-state index in [9.17, 15) is 0 Å². The third-order valence-electron chi connectivity index (χ3n) is 2.27. The normalized spacial score (nSPS) is 13.0. The molecule has 0 amide bonds. The van der Waals surface area contributed by atoms with Crippen LogP contribution in [-0.4, -0.2) is 18.1 Å². The molecule has 1 atom stereocenters. The van der Waals surface area contributed by atoms with Crippen molar-refractivity contribution in [3.63, 3.8) is 0 Å². The predicted octanol–water partition coefficient (Wildman–Crippen LogP) is 2.71. The van der Waals surface area contributed by atoms with Gasteiger partial charge in [0.05, 0.1) is 5.51 Å². The summed E-state index contributed by atoms with van der Waals surface area (Å²) in [7, 11) is 0. The van der Waals surface area contributed by atoms with E-state index in [-0.39, 0.29) is 0 Å². The highest BCUT2D eigenvalue weighted by molar-refractivity contribution is 7.09. The molecule has 0 saturated carbocycles. The van der Waals surface area contributed by atoms with Crippen molar-refractivity contribution in [2.75, 3.05) is 13.1 Å². The Morgan fingerprint density at radius 3 is 3.00 bits per heavy atom. The Morgan fingerprint density at radius 1 is 1.50 bits per heavy atom. The highest BCUT2D eigenvalue weighted by Crippen LogP contribution is 2.14. The lowest BCUT2D eigenvalue weighted by Gasteiger charge is -2.09. The van der Waals surface area contributed by atoms with E-state index in [1.165, 1.54) is 24.1 Å². The van der Waals surface area contributed by atoms with Crippen LogP contribution in [0.1, 0.15) is 31.6 Å². The molecule has 0 spiro atoms. The van der Waals surface area contributed by atoms with Gasteiger partial charge in [-0.05, 0) is 38.3 Å². The summed E-state index contributed by atoms with van der Waals surface area (Å²) in [6.45, 7) is 6.81. The molecule has 0 aromatic carbocycles. The number of rotatable bonds is 7. The highest BCUT2D eigenvalue weighted by Gasteiger charge is 2.04. The summed E-state index contributed by atoms with van der Waals surface area (Å²) < 4.78 is 0. The summed E-state index contributed by atoms with van der Waals surface area (Å²) in [5.41, 5.74) is 1.91. The summed E-state index contributed by atoms with van der Waals surface area (Å²) in [5, 5.41) is 3.43. The van der Waals surface area contributed by atoms with Gasteiger partial charge in [0.25, 0.3) is 0 Å². The molecule has 1 aromatic heterocycles. The van der Waals surface area contributed by atoms with Gasteiger partial charge < -0.3 is 5.32 Å². The van der Waals surface area contributed by atoms with Gasteiger partial charge in [0.1, 0.15) is 0 Å². The zero-order valence-electron chi connectivity index (χ0n) is 9.12. The summed E-state index contributed by atoms with van der Waals surface area (Å²) in [6, 6.07) is 0. The minimum Gasteiger partial charge on any atom is -0.317 e. The SMILES string of the molecule is CCCNCCC(C)Cc1cncs1. The first-order valence-corrected chi connectivity index (χ1v) is 6.29. The number of nitrogens with one attached hydrogen (secondary N) is 1. The van der Waals surface area contributed by atoms with Crippen molar-refractivity contribution in [1.82, 2.24) is 10.3 Å². The van der Waals surface area contributed by atoms with Crippen LogP contribution >= 0.6 is 11.3 Å². The van der Waals surface area contributed by atoms with Crippen LogP contribution in [-0.2, 0) is 6.42 Å². The Hall–Kier alpha value is -0.410. The van der Waals surface area contributed by atoms with Gasteiger partial charge in [0, 0.05) is 11.1 Å². The zero-order valence-corrected chi connectivity index (χ0v) is 9.94. The second-order valence-electron chi connectivity index (χ2n) is 3.82. The van der Waals surface area contributed by atoms with Crippen LogP contribution in [0.4, 0.5) is 0 Å². The maximum Gasteiger partial charge on any atom is 0.0794 e. The zero-order chi connectivity index (χ0) is 10.2. The number of aromatic nitrogens is 1. The maximum atomic E-state index is 4.09. The summed E-state index contributed by atoms with van der Waals surface area (Å²) in [4.78, 5) is 5.50. The highest BCUT2D eigenvalue weighted by atomic mass is 32.1. The number of thiazole rings is 1. The lowest BCUT2D eigenvalue weighted by atomic mass is 10.0. The lowest BCUT2D eigenvalue weighted by Crippen LogP contribution is -2.18. The van der Waals surface area contributed by atoms with Crippen molar-refractivity contribution in [2.45, 2.75) is 33.1 Å². The topological polar surface area (TPSA) is 24.9 Å². The van der Waals surface area contributed by atoms with Crippen LogP contribution in [0.5, 0.6) is 0 Å². The van der Waals surface area contributed by atoms with E-state index < -0.39 is 0 Å². The fourth-order valence-corrected chi connectivity index (χ4v) is 2.20. The van der Waals surface area contributed by atoms with E-state index in [0.717, 1.165) is 19.0 Å². The van der Waals surface area contributed by atoms with Crippen LogP contribution in [0.2, 0.25) is 0 Å². The molecule has 1 aromatic rings. The smallest absolute Gasteiger partial charge is 0.0794 e. The maximum absolute atomic E-state index is 4.09. The van der Waals surface area contributed by atoms with Crippen molar-refractivity contribution in [1.29, 1.82) is 0 Å². The second kappa shape index (κ2) is 6.96. The van der Waals surface area contributed by atoms with Gasteiger partial charge >= 0.3 is 0 Å². The Balaban J connectivity index is 2.07. The van der Waals surface area contributed by atoms with Crippen LogP contribution < -0.4 is 5.32 Å². The van der Waals surface area contributed by atoms with E-state index in [0.29, 0.717) is 0 Å². The van der Waals surface area contributed by atoms with Gasteiger partial charge in [0.2, 0.25) is 0 Å². The molecule has 14 heavy (non-hydrogen) atoms. The van der Waals surface area contributed by atoms with E-state index in [1.807, 2.05) is 11.7 Å². The van der Waals surface area contributed by atoms with Crippen LogP contribution in [0.3, 0.4) is 0 Å². The van der Waals surface area contributed by atoms with Gasteiger partial charge in [-0.15, -0.1) is 11.3 Å². The molecule has 80 valence electrons.